The Morgan fingerprint density at radius 3 is 2.45 bits per heavy atom. The molecule has 1 fully saturated rings. The molecule has 0 aromatic rings. The number of nitrogens with one attached hydrogen (secondary N) is 1. The summed E-state index contributed by atoms with van der Waals surface area (Å²) in [7, 11) is 0. The van der Waals surface area contributed by atoms with Gasteiger partial charge in [-0.2, -0.15) is 0 Å². The summed E-state index contributed by atoms with van der Waals surface area (Å²) < 4.78 is 0. The Bertz CT molecular complexity index is 166. The van der Waals surface area contributed by atoms with Crippen LogP contribution in [0.4, 0.5) is 0 Å². The van der Waals surface area contributed by atoms with Gasteiger partial charge in [-0.3, -0.25) is 0 Å². The second kappa shape index (κ2) is 5.78. The van der Waals surface area contributed by atoms with Crippen LogP contribution in [-0.2, 0) is 0 Å². The van der Waals surface area contributed by atoms with Gasteiger partial charge in [0, 0.05) is 12.2 Å². The zero-order chi connectivity index (χ0) is 8.69. The van der Waals surface area contributed by atoms with Crippen LogP contribution in [-0.4, -0.2) is 6.54 Å². The fraction of sp³-hybridized carbons (Fsp3) is 0.400. The zero-order valence-electron chi connectivity index (χ0n) is 7.48. The summed E-state index contributed by atoms with van der Waals surface area (Å²) in [6, 6.07) is 0. The minimum absolute atomic E-state index is 1.03. The van der Waals surface area contributed by atoms with E-state index in [4.69, 9.17) is 0 Å². The second-order valence-electron chi connectivity index (χ2n) is 2.10. The average Bonchev–Trinajstić information content (AvgIpc) is 2.42. The number of allylic oxidation sites excluding steroid dienone is 3. The molecule has 0 spiro atoms. The average molecular weight is 151 g/mol. The summed E-state index contributed by atoms with van der Waals surface area (Å²) in [6.07, 6.45) is 4.80. The molecule has 0 amide bonds. The van der Waals surface area contributed by atoms with E-state index in [1.165, 1.54) is 5.57 Å². The van der Waals surface area contributed by atoms with E-state index in [1.807, 2.05) is 19.9 Å². The normalized spacial score (nSPS) is 18.7. The van der Waals surface area contributed by atoms with E-state index in [-0.39, 0.29) is 0 Å². The summed E-state index contributed by atoms with van der Waals surface area (Å²) >= 11 is 0. The van der Waals surface area contributed by atoms with Gasteiger partial charge < -0.3 is 5.32 Å². The first kappa shape index (κ1) is 10.0. The highest BCUT2D eigenvalue weighted by atomic mass is 14.9. The monoisotopic (exact) mass is 151 g/mol. The zero-order valence-corrected chi connectivity index (χ0v) is 7.48. The van der Waals surface area contributed by atoms with Crippen molar-refractivity contribution < 1.29 is 0 Å². The van der Waals surface area contributed by atoms with Crippen LogP contribution < -0.4 is 5.32 Å². The van der Waals surface area contributed by atoms with E-state index < -0.39 is 0 Å². The Hall–Kier alpha value is -0.980. The molecule has 1 rings (SSSR count). The van der Waals surface area contributed by atoms with Gasteiger partial charge in [0.05, 0.1) is 0 Å². The number of rotatable bonds is 1. The van der Waals surface area contributed by atoms with Gasteiger partial charge in [0.2, 0.25) is 0 Å². The minimum atomic E-state index is 1.03. The fourth-order valence-corrected chi connectivity index (χ4v) is 0.902. The summed E-state index contributed by atoms with van der Waals surface area (Å²) in [5.41, 5.74) is 2.33. The van der Waals surface area contributed by atoms with E-state index >= 15 is 0 Å². The highest BCUT2D eigenvalue weighted by Gasteiger charge is 2.07. The smallest absolute Gasteiger partial charge is 0.0367 e. The molecule has 0 bridgehead atoms. The van der Waals surface area contributed by atoms with Crippen molar-refractivity contribution in [1.29, 1.82) is 0 Å². The molecule has 62 valence electrons. The topological polar surface area (TPSA) is 12.0 Å². The maximum Gasteiger partial charge on any atom is 0.0367 e. The van der Waals surface area contributed by atoms with Gasteiger partial charge in [-0.05, 0) is 18.1 Å². The minimum Gasteiger partial charge on any atom is -0.385 e. The number of hydrogen-bond donors (Lipinski definition) is 1. The maximum absolute atomic E-state index is 3.88. The predicted octanol–water partition coefficient (Wildman–Crippen LogP) is 2.63. The molecule has 11 heavy (non-hydrogen) atoms. The third-order valence-corrected chi connectivity index (χ3v) is 1.41. The van der Waals surface area contributed by atoms with Crippen LogP contribution in [0.3, 0.4) is 0 Å². The van der Waals surface area contributed by atoms with E-state index in [0.29, 0.717) is 0 Å². The molecule has 0 atom stereocenters. The quantitative estimate of drug-likeness (QED) is 0.607. The Morgan fingerprint density at radius 1 is 1.45 bits per heavy atom. The molecule has 1 aliphatic rings. The molecule has 0 radical (unpaired) electrons. The van der Waals surface area contributed by atoms with Crippen molar-refractivity contribution in [2.75, 3.05) is 6.54 Å². The Kier molecular flexibility index (Phi) is 5.26. The molecule has 1 heteroatoms. The summed E-state index contributed by atoms with van der Waals surface area (Å²) in [6.45, 7) is 12.5. The van der Waals surface area contributed by atoms with Crippen molar-refractivity contribution in [2.24, 2.45) is 0 Å². The van der Waals surface area contributed by atoms with Gasteiger partial charge in [-0.25, -0.2) is 0 Å². The summed E-state index contributed by atoms with van der Waals surface area (Å²) in [5, 5.41) is 3.20. The lowest BCUT2D eigenvalue weighted by molar-refractivity contribution is 0.915. The van der Waals surface area contributed by atoms with Gasteiger partial charge in [-0.15, -0.1) is 0 Å². The highest BCUT2D eigenvalue weighted by Crippen LogP contribution is 2.14. The number of hydrogen-bond acceptors (Lipinski definition) is 1. The molecule has 0 aliphatic carbocycles. The molecule has 0 saturated carbocycles. The molecule has 1 N–H and O–H groups in total. The van der Waals surface area contributed by atoms with Crippen LogP contribution in [0.1, 0.15) is 20.3 Å². The van der Waals surface area contributed by atoms with Gasteiger partial charge in [-0.1, -0.05) is 33.1 Å². The van der Waals surface area contributed by atoms with Crippen LogP contribution >= 0.6 is 0 Å². The van der Waals surface area contributed by atoms with Gasteiger partial charge in [0.15, 0.2) is 0 Å². The molecular formula is C10H17N. The van der Waals surface area contributed by atoms with Crippen LogP contribution in [0.15, 0.2) is 36.6 Å². The first-order valence-corrected chi connectivity index (χ1v) is 4.09. The van der Waals surface area contributed by atoms with Crippen molar-refractivity contribution in [3.05, 3.63) is 36.6 Å². The molecule has 1 saturated heterocycles. The van der Waals surface area contributed by atoms with Crippen LogP contribution in [0.25, 0.3) is 0 Å². The van der Waals surface area contributed by atoms with Gasteiger partial charge >= 0.3 is 0 Å². The van der Waals surface area contributed by atoms with Crippen LogP contribution in [0, 0.1) is 0 Å². The van der Waals surface area contributed by atoms with Crippen molar-refractivity contribution >= 4 is 0 Å². The largest absolute Gasteiger partial charge is 0.385 e. The predicted molar refractivity (Wildman–Crippen MR) is 51.4 cm³/mol. The maximum atomic E-state index is 3.88. The lowest BCUT2D eigenvalue weighted by Crippen LogP contribution is -2.02. The molecule has 1 nitrogen and oxygen atoms in total. The third-order valence-electron chi connectivity index (χ3n) is 1.41. The Labute approximate surface area is 69.5 Å². The molecule has 0 aromatic heterocycles. The SMILES string of the molecule is C=C/C=C1/NCCC1=C.CC. The first-order chi connectivity index (χ1) is 5.34. The van der Waals surface area contributed by atoms with E-state index in [0.717, 1.165) is 18.7 Å². The lowest BCUT2D eigenvalue weighted by Gasteiger charge is -1.94. The second-order valence-corrected chi connectivity index (χ2v) is 2.10. The Morgan fingerprint density at radius 2 is 2.09 bits per heavy atom. The molecule has 1 heterocycles. The molecule has 0 unspecified atom stereocenters. The summed E-state index contributed by atoms with van der Waals surface area (Å²) in [5.74, 6) is 0. The highest BCUT2D eigenvalue weighted by molar-refractivity contribution is 5.33. The van der Waals surface area contributed by atoms with Crippen molar-refractivity contribution in [3.8, 4) is 0 Å². The van der Waals surface area contributed by atoms with Crippen LogP contribution in [0.5, 0.6) is 0 Å². The van der Waals surface area contributed by atoms with Crippen LogP contribution in [0.2, 0.25) is 0 Å². The molecule has 0 aromatic carbocycles. The standard InChI is InChI=1S/C8H11N.C2H6/c1-3-4-8-7(2)5-6-9-8;1-2/h3-4,9H,1-2,5-6H2;1-2H3/b8-4+;. The first-order valence-electron chi connectivity index (χ1n) is 4.09. The third kappa shape index (κ3) is 3.08. The molecular weight excluding hydrogens is 134 g/mol. The fourth-order valence-electron chi connectivity index (χ4n) is 0.902. The Balaban J connectivity index is 0.000000461. The van der Waals surface area contributed by atoms with E-state index in [9.17, 15) is 0 Å². The summed E-state index contributed by atoms with van der Waals surface area (Å²) in [4.78, 5) is 0. The molecule has 1 aliphatic heterocycles. The van der Waals surface area contributed by atoms with E-state index in [2.05, 4.69) is 18.5 Å². The van der Waals surface area contributed by atoms with Crippen molar-refractivity contribution in [1.82, 2.24) is 5.32 Å². The van der Waals surface area contributed by atoms with E-state index in [1.54, 1.807) is 6.08 Å². The van der Waals surface area contributed by atoms with Gasteiger partial charge in [0.1, 0.15) is 0 Å². The van der Waals surface area contributed by atoms with Crippen molar-refractivity contribution in [3.63, 3.8) is 0 Å². The lowest BCUT2D eigenvalue weighted by atomic mass is 10.2. The van der Waals surface area contributed by atoms with Crippen molar-refractivity contribution in [2.45, 2.75) is 20.3 Å². The van der Waals surface area contributed by atoms with Gasteiger partial charge in [0.25, 0.3) is 0 Å².